The largest absolute Gasteiger partial charge is 0.282 e. The lowest BCUT2D eigenvalue weighted by Gasteiger charge is -2.21. The van der Waals surface area contributed by atoms with Crippen LogP contribution in [-0.2, 0) is 0 Å². The standard InChI is InChI=1S/C7H14N2S/c1-4-9(5-2)7(3)8-6-10/h7H,4-5H2,1-3H3. The summed E-state index contributed by atoms with van der Waals surface area (Å²) in [6.07, 6.45) is 0.188. The summed E-state index contributed by atoms with van der Waals surface area (Å²) in [5.74, 6) is 0. The summed E-state index contributed by atoms with van der Waals surface area (Å²) in [6, 6.07) is 0. The van der Waals surface area contributed by atoms with E-state index in [9.17, 15) is 0 Å². The first-order valence-corrected chi connectivity index (χ1v) is 3.98. The molecule has 0 amide bonds. The van der Waals surface area contributed by atoms with Gasteiger partial charge in [-0.1, -0.05) is 13.8 Å². The monoisotopic (exact) mass is 158 g/mol. The van der Waals surface area contributed by atoms with Crippen LogP contribution >= 0.6 is 12.2 Å². The molecule has 10 heavy (non-hydrogen) atoms. The highest BCUT2D eigenvalue weighted by atomic mass is 32.1. The minimum Gasteiger partial charge on any atom is -0.282 e. The van der Waals surface area contributed by atoms with Gasteiger partial charge >= 0.3 is 0 Å². The summed E-state index contributed by atoms with van der Waals surface area (Å²) in [7, 11) is 0. The summed E-state index contributed by atoms with van der Waals surface area (Å²) in [4.78, 5) is 6.16. The fourth-order valence-corrected chi connectivity index (χ4v) is 1.06. The third-order valence-corrected chi connectivity index (χ3v) is 1.69. The third-order valence-electron chi connectivity index (χ3n) is 1.58. The number of rotatable bonds is 4. The van der Waals surface area contributed by atoms with E-state index in [0.29, 0.717) is 0 Å². The second-order valence-electron chi connectivity index (χ2n) is 2.07. The van der Waals surface area contributed by atoms with Crippen molar-refractivity contribution >= 4 is 17.4 Å². The predicted octanol–water partition coefficient (Wildman–Crippen LogP) is 1.78. The molecule has 58 valence electrons. The van der Waals surface area contributed by atoms with E-state index in [4.69, 9.17) is 0 Å². The lowest BCUT2D eigenvalue weighted by molar-refractivity contribution is 0.239. The molecule has 3 heteroatoms. The SMILES string of the molecule is CCN(CC)C(C)N=C=S. The van der Waals surface area contributed by atoms with Crippen molar-refractivity contribution in [3.8, 4) is 0 Å². The molecule has 0 spiro atoms. The normalized spacial score (nSPS) is 12.8. The lowest BCUT2D eigenvalue weighted by Crippen LogP contribution is -2.30. The van der Waals surface area contributed by atoms with Gasteiger partial charge in [-0.3, -0.25) is 4.90 Å². The van der Waals surface area contributed by atoms with Crippen LogP contribution in [0, 0.1) is 0 Å². The summed E-state index contributed by atoms with van der Waals surface area (Å²) >= 11 is 4.50. The number of aliphatic imine (C=N–C) groups is 1. The van der Waals surface area contributed by atoms with Crippen molar-refractivity contribution in [3.63, 3.8) is 0 Å². The minimum atomic E-state index is 0.188. The molecular formula is C7H14N2S. The second-order valence-corrected chi connectivity index (χ2v) is 2.26. The Morgan fingerprint density at radius 3 is 2.30 bits per heavy atom. The molecule has 0 fully saturated rings. The quantitative estimate of drug-likeness (QED) is 0.458. The molecule has 0 aliphatic rings. The van der Waals surface area contributed by atoms with Gasteiger partial charge in [0.15, 0.2) is 0 Å². The van der Waals surface area contributed by atoms with Gasteiger partial charge in [0.2, 0.25) is 0 Å². The van der Waals surface area contributed by atoms with Gasteiger partial charge in [0.1, 0.15) is 6.17 Å². The van der Waals surface area contributed by atoms with E-state index in [1.165, 1.54) is 0 Å². The average Bonchev–Trinajstić information content (AvgIpc) is 1.91. The molecule has 0 radical (unpaired) electrons. The van der Waals surface area contributed by atoms with Crippen LogP contribution in [0.4, 0.5) is 0 Å². The number of nitrogens with zero attached hydrogens (tertiary/aromatic N) is 2. The average molecular weight is 158 g/mol. The van der Waals surface area contributed by atoms with Gasteiger partial charge in [0.25, 0.3) is 0 Å². The summed E-state index contributed by atoms with van der Waals surface area (Å²) in [5.41, 5.74) is 0. The highest BCUT2D eigenvalue weighted by Crippen LogP contribution is 1.97. The first kappa shape index (κ1) is 9.76. The zero-order valence-electron chi connectivity index (χ0n) is 6.79. The molecule has 0 aliphatic carbocycles. The third kappa shape index (κ3) is 3.06. The Labute approximate surface area is 67.9 Å². The van der Waals surface area contributed by atoms with Gasteiger partial charge in [-0.15, -0.1) is 0 Å². The maximum Gasteiger partial charge on any atom is 0.109 e. The van der Waals surface area contributed by atoms with Gasteiger partial charge < -0.3 is 0 Å². The van der Waals surface area contributed by atoms with E-state index >= 15 is 0 Å². The van der Waals surface area contributed by atoms with E-state index < -0.39 is 0 Å². The molecule has 1 atom stereocenters. The van der Waals surface area contributed by atoms with E-state index in [-0.39, 0.29) is 6.17 Å². The molecule has 2 nitrogen and oxygen atoms in total. The van der Waals surface area contributed by atoms with Crippen molar-refractivity contribution < 1.29 is 0 Å². The fraction of sp³-hybridized carbons (Fsp3) is 0.857. The highest BCUT2D eigenvalue weighted by Gasteiger charge is 2.05. The molecule has 0 aliphatic heterocycles. The Bertz CT molecular complexity index is 126. The summed E-state index contributed by atoms with van der Waals surface area (Å²) in [6.45, 7) is 8.26. The Hall–Kier alpha value is -0.240. The molecule has 0 aromatic rings. The van der Waals surface area contributed by atoms with E-state index in [1.54, 1.807) is 0 Å². The van der Waals surface area contributed by atoms with Gasteiger partial charge in [0, 0.05) is 0 Å². The van der Waals surface area contributed by atoms with E-state index in [0.717, 1.165) is 13.1 Å². The van der Waals surface area contributed by atoms with Crippen molar-refractivity contribution in [3.05, 3.63) is 0 Å². The van der Waals surface area contributed by atoms with Gasteiger partial charge in [-0.2, -0.15) is 0 Å². The number of thiocarbonyl (C=S) groups is 1. The van der Waals surface area contributed by atoms with Crippen molar-refractivity contribution in [2.24, 2.45) is 4.99 Å². The number of hydrogen-bond acceptors (Lipinski definition) is 3. The van der Waals surface area contributed by atoms with E-state index in [1.807, 2.05) is 6.92 Å². The summed E-state index contributed by atoms with van der Waals surface area (Å²) in [5, 5.41) is 2.38. The van der Waals surface area contributed by atoms with Crippen LogP contribution in [0.3, 0.4) is 0 Å². The Balaban J connectivity index is 3.87. The molecular weight excluding hydrogens is 144 g/mol. The van der Waals surface area contributed by atoms with Crippen molar-refractivity contribution in [2.75, 3.05) is 13.1 Å². The van der Waals surface area contributed by atoms with Crippen molar-refractivity contribution in [1.29, 1.82) is 0 Å². The van der Waals surface area contributed by atoms with Crippen LogP contribution in [0.5, 0.6) is 0 Å². The molecule has 0 N–H and O–H groups in total. The molecule has 0 aromatic carbocycles. The molecule has 0 saturated carbocycles. The van der Waals surface area contributed by atoms with Gasteiger partial charge in [0.05, 0.1) is 5.16 Å². The Kier molecular flexibility index (Phi) is 5.40. The highest BCUT2D eigenvalue weighted by molar-refractivity contribution is 7.78. The Morgan fingerprint density at radius 2 is 2.00 bits per heavy atom. The van der Waals surface area contributed by atoms with Crippen LogP contribution in [0.25, 0.3) is 0 Å². The molecule has 0 heterocycles. The predicted molar refractivity (Wildman–Crippen MR) is 47.4 cm³/mol. The molecule has 0 saturated heterocycles. The zero-order valence-corrected chi connectivity index (χ0v) is 7.61. The van der Waals surface area contributed by atoms with Crippen LogP contribution < -0.4 is 0 Å². The van der Waals surface area contributed by atoms with Gasteiger partial charge in [-0.25, -0.2) is 4.99 Å². The van der Waals surface area contributed by atoms with Crippen molar-refractivity contribution in [2.45, 2.75) is 26.9 Å². The lowest BCUT2D eigenvalue weighted by atomic mass is 10.4. The molecule has 0 bridgehead atoms. The molecule has 1 unspecified atom stereocenters. The molecule has 0 aromatic heterocycles. The minimum absolute atomic E-state index is 0.188. The number of isothiocyanates is 1. The van der Waals surface area contributed by atoms with E-state index in [2.05, 4.69) is 41.1 Å². The van der Waals surface area contributed by atoms with Gasteiger partial charge in [-0.05, 0) is 32.2 Å². The molecule has 0 rings (SSSR count). The van der Waals surface area contributed by atoms with Crippen LogP contribution in [0.2, 0.25) is 0 Å². The first-order chi connectivity index (χ1) is 4.76. The maximum atomic E-state index is 4.50. The first-order valence-electron chi connectivity index (χ1n) is 3.57. The zero-order chi connectivity index (χ0) is 7.98. The second kappa shape index (κ2) is 5.54. The van der Waals surface area contributed by atoms with Crippen LogP contribution in [0.1, 0.15) is 20.8 Å². The van der Waals surface area contributed by atoms with Crippen molar-refractivity contribution in [1.82, 2.24) is 4.90 Å². The number of hydrogen-bond donors (Lipinski definition) is 0. The fourth-order valence-electron chi connectivity index (χ4n) is 0.910. The smallest absolute Gasteiger partial charge is 0.109 e. The summed E-state index contributed by atoms with van der Waals surface area (Å²) < 4.78 is 0. The Morgan fingerprint density at radius 1 is 1.50 bits per heavy atom. The van der Waals surface area contributed by atoms with Crippen LogP contribution in [0.15, 0.2) is 4.99 Å². The topological polar surface area (TPSA) is 15.6 Å². The van der Waals surface area contributed by atoms with Crippen LogP contribution in [-0.4, -0.2) is 29.3 Å². The maximum absolute atomic E-state index is 4.50.